The zero-order chi connectivity index (χ0) is 13.3. The first kappa shape index (κ1) is 13.0. The second-order valence-corrected chi connectivity index (χ2v) is 5.27. The van der Waals surface area contributed by atoms with Crippen molar-refractivity contribution in [3.05, 3.63) is 27.1 Å². The summed E-state index contributed by atoms with van der Waals surface area (Å²) < 4.78 is 5.58. The molecule has 0 atom stereocenters. The molecule has 0 aliphatic carbocycles. The molecular formula is C11H8BrNO4S. The van der Waals surface area contributed by atoms with E-state index in [2.05, 4.69) is 21.2 Å². The summed E-state index contributed by atoms with van der Waals surface area (Å²) in [6, 6.07) is 3.04. The second kappa shape index (κ2) is 5.03. The van der Waals surface area contributed by atoms with Gasteiger partial charge in [0.1, 0.15) is 0 Å². The molecule has 2 N–H and O–H groups in total. The molecule has 0 radical (unpaired) electrons. The van der Waals surface area contributed by atoms with E-state index in [4.69, 9.17) is 4.74 Å². The largest absolute Gasteiger partial charge is 0.504 e. The smallest absolute Gasteiger partial charge is 0.290 e. The molecule has 0 saturated carbocycles. The van der Waals surface area contributed by atoms with E-state index in [9.17, 15) is 14.7 Å². The molecule has 0 unspecified atom stereocenters. The standard InChI is InChI=1S/C11H8BrNO4S/c1-17-8-2-5(6(12)4-7(8)14)3-9-10(15)13-11(16)18-9/h2-4,14H,1H3,(H,13,15,16)/b9-3-. The second-order valence-electron chi connectivity index (χ2n) is 3.40. The SMILES string of the molecule is COc1cc(/C=C2\SC(=O)NC2=O)c(Br)cc1O. The van der Waals surface area contributed by atoms with Gasteiger partial charge in [-0.2, -0.15) is 0 Å². The Labute approximate surface area is 115 Å². The lowest BCUT2D eigenvalue weighted by Gasteiger charge is -2.06. The van der Waals surface area contributed by atoms with Gasteiger partial charge in [-0.15, -0.1) is 0 Å². The molecule has 1 heterocycles. The van der Waals surface area contributed by atoms with E-state index in [-0.39, 0.29) is 5.75 Å². The number of thioether (sulfide) groups is 1. The zero-order valence-electron chi connectivity index (χ0n) is 9.19. The molecule has 2 rings (SSSR count). The summed E-state index contributed by atoms with van der Waals surface area (Å²) in [5.74, 6) is -0.144. The van der Waals surface area contributed by atoms with Crippen LogP contribution in [0, 0.1) is 0 Å². The highest BCUT2D eigenvalue weighted by Gasteiger charge is 2.25. The quantitative estimate of drug-likeness (QED) is 0.815. The monoisotopic (exact) mass is 329 g/mol. The molecule has 7 heteroatoms. The molecule has 0 bridgehead atoms. The number of hydrogen-bond acceptors (Lipinski definition) is 5. The fourth-order valence-corrected chi connectivity index (χ4v) is 2.51. The molecule has 1 fully saturated rings. The van der Waals surface area contributed by atoms with Gasteiger partial charge < -0.3 is 9.84 Å². The minimum atomic E-state index is -0.427. The van der Waals surface area contributed by atoms with Gasteiger partial charge in [0.05, 0.1) is 12.0 Å². The highest BCUT2D eigenvalue weighted by Crippen LogP contribution is 2.35. The molecule has 18 heavy (non-hydrogen) atoms. The Morgan fingerprint density at radius 3 is 2.72 bits per heavy atom. The number of amides is 2. The van der Waals surface area contributed by atoms with E-state index in [1.165, 1.54) is 13.2 Å². The molecule has 1 aliphatic rings. The number of ether oxygens (including phenoxy) is 1. The first-order valence-corrected chi connectivity index (χ1v) is 6.43. The lowest BCUT2D eigenvalue weighted by atomic mass is 10.2. The van der Waals surface area contributed by atoms with Gasteiger partial charge >= 0.3 is 0 Å². The first-order valence-electron chi connectivity index (χ1n) is 4.82. The van der Waals surface area contributed by atoms with Crippen molar-refractivity contribution in [3.63, 3.8) is 0 Å². The summed E-state index contributed by atoms with van der Waals surface area (Å²) in [5, 5.41) is 11.3. The van der Waals surface area contributed by atoms with Crippen molar-refractivity contribution in [2.45, 2.75) is 0 Å². The van der Waals surface area contributed by atoms with E-state index in [0.29, 0.717) is 20.7 Å². The van der Waals surface area contributed by atoms with Gasteiger partial charge in [0.2, 0.25) is 0 Å². The molecule has 0 aromatic heterocycles. The maximum Gasteiger partial charge on any atom is 0.290 e. The lowest BCUT2D eigenvalue weighted by molar-refractivity contribution is -0.115. The first-order chi connectivity index (χ1) is 8.51. The van der Waals surface area contributed by atoms with Crippen molar-refractivity contribution in [2.75, 3.05) is 7.11 Å². The van der Waals surface area contributed by atoms with Crippen molar-refractivity contribution in [2.24, 2.45) is 0 Å². The topological polar surface area (TPSA) is 75.6 Å². The zero-order valence-corrected chi connectivity index (χ0v) is 11.6. The van der Waals surface area contributed by atoms with Crippen molar-refractivity contribution in [1.82, 2.24) is 5.32 Å². The van der Waals surface area contributed by atoms with E-state index >= 15 is 0 Å². The van der Waals surface area contributed by atoms with Gasteiger partial charge in [-0.1, -0.05) is 15.9 Å². The third-order valence-electron chi connectivity index (χ3n) is 2.23. The van der Waals surface area contributed by atoms with Crippen LogP contribution in [0.25, 0.3) is 6.08 Å². The number of nitrogens with one attached hydrogen (secondary N) is 1. The summed E-state index contributed by atoms with van der Waals surface area (Å²) in [4.78, 5) is 22.7. The molecule has 5 nitrogen and oxygen atoms in total. The number of benzene rings is 1. The molecule has 1 aromatic carbocycles. The van der Waals surface area contributed by atoms with Gasteiger partial charge in [-0.3, -0.25) is 14.9 Å². The van der Waals surface area contributed by atoms with Crippen molar-refractivity contribution >= 4 is 44.9 Å². The van der Waals surface area contributed by atoms with E-state index in [1.54, 1.807) is 12.1 Å². The van der Waals surface area contributed by atoms with Gasteiger partial charge in [0.15, 0.2) is 11.5 Å². The number of halogens is 1. The van der Waals surface area contributed by atoms with Crippen LogP contribution in [0.5, 0.6) is 11.5 Å². The molecule has 2 amide bonds. The number of carbonyl (C=O) groups excluding carboxylic acids is 2. The van der Waals surface area contributed by atoms with Crippen LogP contribution in [0.4, 0.5) is 4.79 Å². The maximum absolute atomic E-state index is 11.4. The van der Waals surface area contributed by atoms with E-state index in [1.807, 2.05) is 0 Å². The van der Waals surface area contributed by atoms with Gasteiger partial charge in [-0.05, 0) is 35.5 Å². The number of hydrogen-bond donors (Lipinski definition) is 2. The summed E-state index contributed by atoms with van der Waals surface area (Å²) >= 11 is 4.10. The Kier molecular flexibility index (Phi) is 3.63. The minimum absolute atomic E-state index is 0.00821. The number of phenolic OH excluding ortho intramolecular Hbond substituents is 1. The number of imide groups is 1. The van der Waals surface area contributed by atoms with Gasteiger partial charge in [0, 0.05) is 4.47 Å². The highest BCUT2D eigenvalue weighted by molar-refractivity contribution is 9.10. The van der Waals surface area contributed by atoms with Crippen LogP contribution in [0.15, 0.2) is 21.5 Å². The van der Waals surface area contributed by atoms with E-state index in [0.717, 1.165) is 11.8 Å². The lowest BCUT2D eigenvalue weighted by Crippen LogP contribution is -2.17. The molecule has 1 aromatic rings. The van der Waals surface area contributed by atoms with Crippen molar-refractivity contribution in [1.29, 1.82) is 0 Å². The third-order valence-corrected chi connectivity index (χ3v) is 3.72. The molecule has 1 saturated heterocycles. The fraction of sp³-hybridized carbons (Fsp3) is 0.0909. The summed E-state index contributed by atoms with van der Waals surface area (Å²) in [6.07, 6.45) is 1.55. The molecule has 94 valence electrons. The Bertz CT molecular complexity index is 570. The average Bonchev–Trinajstić information content (AvgIpc) is 2.61. The Morgan fingerprint density at radius 1 is 1.44 bits per heavy atom. The summed E-state index contributed by atoms with van der Waals surface area (Å²) in [7, 11) is 1.43. The van der Waals surface area contributed by atoms with Crippen LogP contribution in [0.3, 0.4) is 0 Å². The average molecular weight is 330 g/mol. The van der Waals surface area contributed by atoms with Crippen molar-refractivity contribution in [3.8, 4) is 11.5 Å². The Morgan fingerprint density at radius 2 is 2.17 bits per heavy atom. The van der Waals surface area contributed by atoms with Crippen LogP contribution >= 0.6 is 27.7 Å². The van der Waals surface area contributed by atoms with Crippen LogP contribution in [-0.4, -0.2) is 23.4 Å². The normalized spacial score (nSPS) is 17.1. The number of phenols is 1. The summed E-state index contributed by atoms with van der Waals surface area (Å²) in [5.41, 5.74) is 0.636. The number of methoxy groups -OCH3 is 1. The maximum atomic E-state index is 11.4. The fourth-order valence-electron chi connectivity index (χ4n) is 1.39. The number of rotatable bonds is 2. The Balaban J connectivity index is 2.43. The van der Waals surface area contributed by atoms with Crippen LogP contribution < -0.4 is 10.1 Å². The van der Waals surface area contributed by atoms with Crippen LogP contribution in [-0.2, 0) is 4.79 Å². The number of aromatic hydroxyl groups is 1. The van der Waals surface area contributed by atoms with Crippen LogP contribution in [0.1, 0.15) is 5.56 Å². The molecular weight excluding hydrogens is 322 g/mol. The predicted molar refractivity (Wildman–Crippen MR) is 71.5 cm³/mol. The molecule has 1 aliphatic heterocycles. The van der Waals surface area contributed by atoms with Crippen molar-refractivity contribution < 1.29 is 19.4 Å². The van der Waals surface area contributed by atoms with Gasteiger partial charge in [0.25, 0.3) is 11.1 Å². The predicted octanol–water partition coefficient (Wildman–Crippen LogP) is 2.49. The Hall–Kier alpha value is -1.47. The number of carbonyl (C=O) groups is 2. The summed E-state index contributed by atoms with van der Waals surface area (Å²) in [6.45, 7) is 0. The van der Waals surface area contributed by atoms with Gasteiger partial charge in [-0.25, -0.2) is 0 Å². The van der Waals surface area contributed by atoms with E-state index < -0.39 is 11.1 Å². The molecule has 0 spiro atoms. The van der Waals surface area contributed by atoms with Crippen LogP contribution in [0.2, 0.25) is 0 Å². The highest BCUT2D eigenvalue weighted by atomic mass is 79.9. The minimum Gasteiger partial charge on any atom is -0.504 e. The third kappa shape index (κ3) is 2.51.